The molecule has 1 N–H and O–H groups in total. The average molecular weight is 306 g/mol. The van der Waals surface area contributed by atoms with Crippen LogP contribution in [-0.4, -0.2) is 11.8 Å². The minimum Gasteiger partial charge on any atom is -0.296 e. The summed E-state index contributed by atoms with van der Waals surface area (Å²) in [5, 5.41) is 3.18. The van der Waals surface area contributed by atoms with Gasteiger partial charge in [-0.1, -0.05) is 44.0 Å². The van der Waals surface area contributed by atoms with Crippen LogP contribution in [-0.2, 0) is 9.59 Å². The standard InChI is InChI=1S/C17H20ClNO2/c1-16(2)8-3-9-17(16)10-13(20)19-15(21)14(17)11-4-6-12(18)7-5-11/h4-7,14H,3,8-10H2,1-2H3,(H,19,20,21). The molecule has 1 saturated carbocycles. The summed E-state index contributed by atoms with van der Waals surface area (Å²) in [6.07, 6.45) is 3.47. The fourth-order valence-electron chi connectivity index (χ4n) is 4.31. The number of carbonyl (C=O) groups excluding carboxylic acids is 2. The van der Waals surface area contributed by atoms with Gasteiger partial charge in [-0.3, -0.25) is 14.9 Å². The zero-order valence-corrected chi connectivity index (χ0v) is 13.2. The van der Waals surface area contributed by atoms with E-state index in [0.29, 0.717) is 11.4 Å². The summed E-state index contributed by atoms with van der Waals surface area (Å²) in [4.78, 5) is 24.6. The first-order chi connectivity index (χ1) is 9.86. The van der Waals surface area contributed by atoms with Gasteiger partial charge in [0.2, 0.25) is 11.8 Å². The maximum atomic E-state index is 12.6. The average Bonchev–Trinajstić information content (AvgIpc) is 2.66. The van der Waals surface area contributed by atoms with Crippen LogP contribution in [0.2, 0.25) is 5.02 Å². The third kappa shape index (κ3) is 2.18. The van der Waals surface area contributed by atoms with Crippen molar-refractivity contribution in [2.24, 2.45) is 10.8 Å². The number of nitrogens with one attached hydrogen (secondary N) is 1. The smallest absolute Gasteiger partial charge is 0.234 e. The Hall–Kier alpha value is -1.35. The number of halogens is 1. The predicted octanol–water partition coefficient (Wildman–Crippen LogP) is 3.67. The highest BCUT2D eigenvalue weighted by atomic mass is 35.5. The second-order valence-corrected chi connectivity index (χ2v) is 7.40. The van der Waals surface area contributed by atoms with E-state index < -0.39 is 0 Å². The number of piperidine rings is 1. The summed E-state index contributed by atoms with van der Waals surface area (Å²) in [6, 6.07) is 7.46. The molecule has 1 aliphatic carbocycles. The van der Waals surface area contributed by atoms with E-state index in [2.05, 4.69) is 19.2 Å². The lowest BCUT2D eigenvalue weighted by Gasteiger charge is -2.49. The van der Waals surface area contributed by atoms with Crippen LogP contribution in [0.3, 0.4) is 0 Å². The van der Waals surface area contributed by atoms with Crippen LogP contribution in [0.5, 0.6) is 0 Å². The first-order valence-corrected chi connectivity index (χ1v) is 7.83. The molecule has 2 unspecified atom stereocenters. The topological polar surface area (TPSA) is 46.2 Å². The molecule has 0 radical (unpaired) electrons. The van der Waals surface area contributed by atoms with Crippen molar-refractivity contribution in [2.75, 3.05) is 0 Å². The maximum Gasteiger partial charge on any atom is 0.234 e. The van der Waals surface area contributed by atoms with Crippen LogP contribution >= 0.6 is 11.6 Å². The minimum absolute atomic E-state index is 0.0231. The Morgan fingerprint density at radius 2 is 1.81 bits per heavy atom. The summed E-state index contributed by atoms with van der Waals surface area (Å²) in [5.41, 5.74) is 0.657. The molecule has 2 amide bonds. The fourth-order valence-corrected chi connectivity index (χ4v) is 4.44. The second-order valence-electron chi connectivity index (χ2n) is 6.97. The van der Waals surface area contributed by atoms with Gasteiger partial charge in [0, 0.05) is 11.4 Å². The summed E-state index contributed by atoms with van der Waals surface area (Å²) < 4.78 is 0. The molecule has 0 aromatic heterocycles. The summed E-state index contributed by atoms with van der Waals surface area (Å²) >= 11 is 5.96. The number of hydrogen-bond donors (Lipinski definition) is 1. The summed E-state index contributed by atoms with van der Waals surface area (Å²) in [5.74, 6) is -0.575. The number of hydrogen-bond acceptors (Lipinski definition) is 2. The van der Waals surface area contributed by atoms with Crippen LogP contribution in [0.15, 0.2) is 24.3 Å². The Labute approximate surface area is 130 Å². The molecule has 1 aromatic carbocycles. The zero-order valence-electron chi connectivity index (χ0n) is 12.4. The van der Waals surface area contributed by atoms with Gasteiger partial charge in [0.15, 0.2) is 0 Å². The van der Waals surface area contributed by atoms with Gasteiger partial charge in [0.25, 0.3) is 0 Å². The largest absolute Gasteiger partial charge is 0.296 e. The molecule has 3 nitrogen and oxygen atoms in total. The number of benzene rings is 1. The molecule has 1 aromatic rings. The Kier molecular flexibility index (Phi) is 3.36. The van der Waals surface area contributed by atoms with Crippen molar-refractivity contribution in [3.8, 4) is 0 Å². The molecule has 1 heterocycles. The van der Waals surface area contributed by atoms with E-state index in [0.717, 1.165) is 24.8 Å². The number of carbonyl (C=O) groups is 2. The third-order valence-corrected chi connectivity index (χ3v) is 5.78. The van der Waals surface area contributed by atoms with Crippen molar-refractivity contribution in [1.82, 2.24) is 5.32 Å². The number of imide groups is 1. The monoisotopic (exact) mass is 305 g/mol. The van der Waals surface area contributed by atoms with E-state index in [1.165, 1.54) is 0 Å². The fraction of sp³-hybridized carbons (Fsp3) is 0.529. The van der Waals surface area contributed by atoms with E-state index in [4.69, 9.17) is 11.6 Å². The Balaban J connectivity index is 2.12. The first kappa shape index (κ1) is 14.6. The molecule has 2 fully saturated rings. The molecular formula is C17H20ClNO2. The van der Waals surface area contributed by atoms with Gasteiger partial charge in [-0.15, -0.1) is 0 Å². The zero-order chi connectivity index (χ0) is 15.3. The van der Waals surface area contributed by atoms with Gasteiger partial charge in [-0.25, -0.2) is 0 Å². The van der Waals surface area contributed by atoms with Gasteiger partial charge in [0.1, 0.15) is 0 Å². The lowest BCUT2D eigenvalue weighted by atomic mass is 9.56. The molecule has 4 heteroatoms. The summed E-state index contributed by atoms with van der Waals surface area (Å²) in [7, 11) is 0. The van der Waals surface area contributed by atoms with Crippen molar-refractivity contribution in [2.45, 2.75) is 45.4 Å². The van der Waals surface area contributed by atoms with Crippen molar-refractivity contribution in [1.29, 1.82) is 0 Å². The highest BCUT2D eigenvalue weighted by molar-refractivity contribution is 6.30. The molecule has 21 heavy (non-hydrogen) atoms. The summed E-state index contributed by atoms with van der Waals surface area (Å²) in [6.45, 7) is 4.38. The highest BCUT2D eigenvalue weighted by Crippen LogP contribution is 2.62. The van der Waals surface area contributed by atoms with Crippen LogP contribution in [0.1, 0.15) is 51.0 Å². The van der Waals surface area contributed by atoms with E-state index in [1.807, 2.05) is 24.3 Å². The first-order valence-electron chi connectivity index (χ1n) is 7.45. The van der Waals surface area contributed by atoms with Gasteiger partial charge in [0.05, 0.1) is 5.92 Å². The Morgan fingerprint density at radius 1 is 1.14 bits per heavy atom. The quantitative estimate of drug-likeness (QED) is 0.805. The van der Waals surface area contributed by atoms with Crippen LogP contribution in [0.25, 0.3) is 0 Å². The molecule has 0 bridgehead atoms. The molecule has 1 spiro atoms. The Morgan fingerprint density at radius 3 is 2.38 bits per heavy atom. The van der Waals surface area contributed by atoms with Crippen LogP contribution < -0.4 is 5.32 Å². The number of amides is 2. The molecule has 1 saturated heterocycles. The second kappa shape index (κ2) is 4.84. The molecule has 3 rings (SSSR count). The highest BCUT2D eigenvalue weighted by Gasteiger charge is 2.59. The van der Waals surface area contributed by atoms with Gasteiger partial charge in [-0.2, -0.15) is 0 Å². The van der Waals surface area contributed by atoms with Gasteiger partial charge in [-0.05, 0) is 41.4 Å². The van der Waals surface area contributed by atoms with E-state index >= 15 is 0 Å². The molecule has 1 aliphatic heterocycles. The molecule has 112 valence electrons. The van der Waals surface area contributed by atoms with Crippen molar-refractivity contribution < 1.29 is 9.59 Å². The SMILES string of the molecule is CC1(C)CCCC12CC(=O)NC(=O)C2c1ccc(Cl)cc1. The van der Waals surface area contributed by atoms with Crippen LogP contribution in [0, 0.1) is 10.8 Å². The predicted molar refractivity (Wildman–Crippen MR) is 82.0 cm³/mol. The maximum absolute atomic E-state index is 12.6. The van der Waals surface area contributed by atoms with E-state index in [1.54, 1.807) is 0 Å². The van der Waals surface area contributed by atoms with Gasteiger partial charge >= 0.3 is 0 Å². The Bertz CT molecular complexity index is 593. The van der Waals surface area contributed by atoms with Crippen molar-refractivity contribution in [3.05, 3.63) is 34.9 Å². The molecule has 2 atom stereocenters. The molecule has 2 aliphatic rings. The van der Waals surface area contributed by atoms with E-state index in [9.17, 15) is 9.59 Å². The lowest BCUT2D eigenvalue weighted by Crippen LogP contribution is -2.54. The van der Waals surface area contributed by atoms with Crippen LogP contribution in [0.4, 0.5) is 0 Å². The van der Waals surface area contributed by atoms with Gasteiger partial charge < -0.3 is 0 Å². The number of rotatable bonds is 1. The normalized spacial score (nSPS) is 31.5. The van der Waals surface area contributed by atoms with E-state index in [-0.39, 0.29) is 28.6 Å². The third-order valence-electron chi connectivity index (χ3n) is 5.53. The lowest BCUT2D eigenvalue weighted by molar-refractivity contribution is -0.144. The minimum atomic E-state index is -0.278. The van der Waals surface area contributed by atoms with Crippen molar-refractivity contribution in [3.63, 3.8) is 0 Å². The molecular weight excluding hydrogens is 286 g/mol. The van der Waals surface area contributed by atoms with Crippen molar-refractivity contribution >= 4 is 23.4 Å².